The summed E-state index contributed by atoms with van der Waals surface area (Å²) in [6, 6.07) is 15.8. The van der Waals surface area contributed by atoms with Gasteiger partial charge < -0.3 is 63.6 Å². The van der Waals surface area contributed by atoms with E-state index in [0.29, 0.717) is 25.8 Å². The summed E-state index contributed by atoms with van der Waals surface area (Å²) < 4.78 is 5.84. The zero-order valence-corrected chi connectivity index (χ0v) is 43.3. The van der Waals surface area contributed by atoms with Gasteiger partial charge in [0.05, 0.1) is 0 Å². The van der Waals surface area contributed by atoms with Crippen LogP contribution in [0.5, 0.6) is 0 Å². The summed E-state index contributed by atoms with van der Waals surface area (Å²) in [5.74, 6) is -3.79. The largest absolute Gasteiger partial charge is 0.449 e. The number of alkyl carbamates (subject to hydrolysis) is 1. The fourth-order valence-corrected chi connectivity index (χ4v) is 9.21. The first-order valence-corrected chi connectivity index (χ1v) is 25.3. The number of carbonyl (C=O) groups is 8. The Morgan fingerprint density at radius 1 is 0.703 bits per heavy atom. The average Bonchev–Trinajstić information content (AvgIpc) is 4.00. The molecule has 21 heteroatoms. The van der Waals surface area contributed by atoms with Gasteiger partial charge >= 0.3 is 12.1 Å². The molecule has 0 spiro atoms. The highest BCUT2D eigenvalue weighted by molar-refractivity contribution is 5.97. The molecule has 0 saturated carbocycles. The molecule has 1 saturated heterocycles. The molecule has 3 aromatic carbocycles. The molecular formula is C53H74N12O9. The maximum absolute atomic E-state index is 14.5. The number of urea groups is 1. The molecule has 1 aliphatic carbocycles. The van der Waals surface area contributed by atoms with Gasteiger partial charge in [-0.1, -0.05) is 92.2 Å². The normalized spacial score (nSPS) is 16.0. The number of fused-ring (bicyclic) bond motifs is 3. The summed E-state index contributed by atoms with van der Waals surface area (Å²) in [6.07, 6.45) is 0.756. The second-order valence-electron chi connectivity index (χ2n) is 19.2. The molecule has 0 unspecified atom stereocenters. The molecule has 9 amide bonds. The van der Waals surface area contributed by atoms with Crippen LogP contribution in [0.2, 0.25) is 0 Å². The number of nitrogens with one attached hydrogen (secondary N) is 8. The predicted octanol–water partition coefficient (Wildman–Crippen LogP) is 1.95. The SMILES string of the molecule is CN=C(N)NCCC[C@H](NC(=O)[C@H](CC(C)C)NC(=O)[C@@H](CCCNC(N)=O)NC(=O)[C@H](Cc1ccc(C)cc1)NC(=O)OCC1c2ccccc2-c2ccccc21)C(=O)N1CCC[C@@H]1C(=O)N[C@H](C)C(=O)NC. The number of aryl methyl sites for hydroxylation is 1. The zero-order valence-electron chi connectivity index (χ0n) is 43.3. The van der Waals surface area contributed by atoms with E-state index in [1.165, 1.54) is 25.9 Å². The Bertz CT molecular complexity index is 2440. The number of aliphatic imine (C=N–C) groups is 1. The monoisotopic (exact) mass is 1020 g/mol. The maximum Gasteiger partial charge on any atom is 0.407 e. The maximum atomic E-state index is 14.5. The molecular weight excluding hydrogens is 949 g/mol. The average molecular weight is 1020 g/mol. The number of ether oxygens (including phenoxy) is 1. The van der Waals surface area contributed by atoms with E-state index >= 15 is 0 Å². The molecule has 6 atom stereocenters. The van der Waals surface area contributed by atoms with Crippen LogP contribution in [-0.4, -0.2) is 135 Å². The van der Waals surface area contributed by atoms with Crippen LogP contribution in [0.25, 0.3) is 11.1 Å². The summed E-state index contributed by atoms with van der Waals surface area (Å²) in [7, 11) is 2.97. The van der Waals surface area contributed by atoms with Crippen molar-refractivity contribution in [3.8, 4) is 11.1 Å². The Labute approximate surface area is 432 Å². The summed E-state index contributed by atoms with van der Waals surface area (Å²) in [4.78, 5) is 114. The highest BCUT2D eigenvalue weighted by Gasteiger charge is 2.40. The third-order valence-electron chi connectivity index (χ3n) is 13.1. The number of rotatable bonds is 25. The summed E-state index contributed by atoms with van der Waals surface area (Å²) in [5, 5.41) is 21.8. The Hall–Kier alpha value is -7.71. The van der Waals surface area contributed by atoms with Crippen molar-refractivity contribution in [2.24, 2.45) is 22.4 Å². The quantitative estimate of drug-likeness (QED) is 0.0332. The van der Waals surface area contributed by atoms with Gasteiger partial charge in [0.25, 0.3) is 0 Å². The predicted molar refractivity (Wildman–Crippen MR) is 280 cm³/mol. The lowest BCUT2D eigenvalue weighted by Crippen LogP contribution is -2.59. The van der Waals surface area contributed by atoms with Gasteiger partial charge in [-0.25, -0.2) is 9.59 Å². The third kappa shape index (κ3) is 16.4. The van der Waals surface area contributed by atoms with E-state index < -0.39 is 83.8 Å². The number of hydrogen-bond donors (Lipinski definition) is 10. The first kappa shape index (κ1) is 57.2. The molecule has 0 bridgehead atoms. The third-order valence-corrected chi connectivity index (χ3v) is 13.1. The van der Waals surface area contributed by atoms with Crippen molar-refractivity contribution >= 4 is 53.5 Å². The van der Waals surface area contributed by atoms with Gasteiger partial charge in [0, 0.05) is 46.1 Å². The Balaban J connectivity index is 1.35. The summed E-state index contributed by atoms with van der Waals surface area (Å²) in [5.41, 5.74) is 17.0. The van der Waals surface area contributed by atoms with Crippen molar-refractivity contribution in [3.63, 3.8) is 0 Å². The van der Waals surface area contributed by atoms with E-state index in [4.69, 9.17) is 16.2 Å². The van der Waals surface area contributed by atoms with Crippen molar-refractivity contribution in [2.45, 2.75) is 121 Å². The lowest BCUT2D eigenvalue weighted by atomic mass is 9.98. The van der Waals surface area contributed by atoms with Crippen molar-refractivity contribution in [1.29, 1.82) is 0 Å². The highest BCUT2D eigenvalue weighted by atomic mass is 16.5. The lowest BCUT2D eigenvalue weighted by molar-refractivity contribution is -0.142. The molecule has 74 heavy (non-hydrogen) atoms. The molecule has 5 rings (SSSR count). The summed E-state index contributed by atoms with van der Waals surface area (Å²) in [6.45, 7) is 7.74. The lowest BCUT2D eigenvalue weighted by Gasteiger charge is -2.31. The van der Waals surface area contributed by atoms with E-state index in [0.717, 1.165) is 33.4 Å². The van der Waals surface area contributed by atoms with Gasteiger partial charge in [-0.3, -0.25) is 33.8 Å². The molecule has 2 aliphatic rings. The van der Waals surface area contributed by atoms with Crippen LogP contribution in [0.4, 0.5) is 9.59 Å². The van der Waals surface area contributed by atoms with Gasteiger partial charge in [0.2, 0.25) is 35.4 Å². The van der Waals surface area contributed by atoms with Gasteiger partial charge in [0.15, 0.2) is 5.96 Å². The Morgan fingerprint density at radius 2 is 1.27 bits per heavy atom. The van der Waals surface area contributed by atoms with Gasteiger partial charge in [0.1, 0.15) is 42.9 Å². The molecule has 1 aliphatic heterocycles. The molecule has 3 aromatic rings. The minimum Gasteiger partial charge on any atom is -0.449 e. The number of nitrogens with zero attached hydrogens (tertiary/aromatic N) is 2. The van der Waals surface area contributed by atoms with Crippen LogP contribution < -0.4 is 54.0 Å². The number of hydrogen-bond acceptors (Lipinski definition) is 10. The molecule has 1 fully saturated rings. The van der Waals surface area contributed by atoms with E-state index in [1.807, 2.05) is 93.6 Å². The van der Waals surface area contributed by atoms with Crippen LogP contribution in [-0.2, 0) is 39.9 Å². The second kappa shape index (κ2) is 27.9. The van der Waals surface area contributed by atoms with Crippen LogP contribution in [0.3, 0.4) is 0 Å². The van der Waals surface area contributed by atoms with Gasteiger partial charge in [-0.05, 0) is 92.5 Å². The number of nitrogens with two attached hydrogens (primary N) is 2. The van der Waals surface area contributed by atoms with Crippen LogP contribution >= 0.6 is 0 Å². The zero-order chi connectivity index (χ0) is 53.9. The van der Waals surface area contributed by atoms with Gasteiger partial charge in [-0.2, -0.15) is 0 Å². The second-order valence-corrected chi connectivity index (χ2v) is 19.2. The molecule has 0 aromatic heterocycles. The molecule has 12 N–H and O–H groups in total. The van der Waals surface area contributed by atoms with Crippen LogP contribution in [0.1, 0.15) is 93.9 Å². The number of likely N-dealkylation sites (N-methyl/N-ethyl adjacent to an activating group) is 1. The van der Waals surface area contributed by atoms with Crippen molar-refractivity contribution < 1.29 is 43.1 Å². The first-order chi connectivity index (χ1) is 35.4. The minimum atomic E-state index is -1.29. The van der Waals surface area contributed by atoms with E-state index in [-0.39, 0.29) is 69.6 Å². The van der Waals surface area contributed by atoms with E-state index in [2.05, 4.69) is 47.5 Å². The first-order valence-electron chi connectivity index (χ1n) is 25.3. The fourth-order valence-electron chi connectivity index (χ4n) is 9.21. The van der Waals surface area contributed by atoms with Crippen molar-refractivity contribution in [2.75, 3.05) is 40.3 Å². The molecule has 21 nitrogen and oxygen atoms in total. The van der Waals surface area contributed by atoms with E-state index in [9.17, 15) is 38.4 Å². The minimum absolute atomic E-state index is 0.00602. The van der Waals surface area contributed by atoms with Crippen molar-refractivity contribution in [1.82, 2.24) is 47.4 Å². The number of likely N-dealkylation sites (tertiary alicyclic amines) is 1. The number of primary amides is 1. The smallest absolute Gasteiger partial charge is 0.407 e. The number of carbonyl (C=O) groups excluding carboxylic acids is 8. The number of amides is 9. The fraction of sp³-hybridized carbons (Fsp3) is 0.491. The van der Waals surface area contributed by atoms with E-state index in [1.54, 1.807) is 0 Å². The number of guanidine groups is 1. The topological polar surface area (TPSA) is 310 Å². The Kier molecular flexibility index (Phi) is 21.6. The molecule has 1 heterocycles. The highest BCUT2D eigenvalue weighted by Crippen LogP contribution is 2.44. The standard InChI is InChI=1S/C53H74N12O9/c1-31(2)28-42(47(68)62-41(19-12-25-58-51(54)57-6)50(71)65-27-13-20-44(65)49(70)60-33(4)45(66)56-5)63-46(67)40(18-11-26-59-52(55)72)61-48(69)43(29-34-23-21-32(3)22-24-34)64-53(73)74-30-39-37-16-9-7-14-35(37)36-15-8-10-17-38(36)39/h7-10,14-17,21-24,31,33,39-44H,11-13,18-20,25-30H2,1-6H3,(H,56,66)(H,60,70)(H,61,69)(H,62,68)(H,63,67)(H,64,73)(H3,54,57,58)(H3,55,59,72)/t33-,40-,41+,42+,43+,44-/m1/s1. The molecule has 400 valence electrons. The van der Waals surface area contributed by atoms with Crippen molar-refractivity contribution in [3.05, 3.63) is 95.1 Å². The number of benzene rings is 3. The van der Waals surface area contributed by atoms with Crippen LogP contribution in [0.15, 0.2) is 77.8 Å². The summed E-state index contributed by atoms with van der Waals surface area (Å²) >= 11 is 0. The van der Waals surface area contributed by atoms with Gasteiger partial charge in [-0.15, -0.1) is 0 Å². The Morgan fingerprint density at radius 3 is 1.88 bits per heavy atom. The molecule has 0 radical (unpaired) electrons. The van der Waals surface area contributed by atoms with Crippen LogP contribution in [0, 0.1) is 12.8 Å².